The number of amides is 4. The van der Waals surface area contributed by atoms with Gasteiger partial charge < -0.3 is 45.4 Å². The first kappa shape index (κ1) is 41.2. The van der Waals surface area contributed by atoms with Gasteiger partial charge in [-0.25, -0.2) is 4.79 Å². The van der Waals surface area contributed by atoms with E-state index >= 15 is 0 Å². The molecule has 13 nitrogen and oxygen atoms in total. The van der Waals surface area contributed by atoms with Gasteiger partial charge in [0.1, 0.15) is 17.2 Å². The minimum atomic E-state index is -0.545. The van der Waals surface area contributed by atoms with Crippen molar-refractivity contribution in [1.82, 2.24) is 25.8 Å². The topological polar surface area (TPSA) is 147 Å². The Morgan fingerprint density at radius 1 is 0.982 bits per heavy atom. The van der Waals surface area contributed by atoms with Crippen molar-refractivity contribution >= 4 is 35.0 Å². The molecule has 1 unspecified atom stereocenters. The molecule has 4 amide bonds. The third-order valence-corrected chi connectivity index (χ3v) is 11.6. The number of Topliss-reactive ketones (excluding diaryl/α,β-unsaturated/α-hetero) is 1. The number of phenols is 1. The molecule has 3 aliphatic rings. The van der Waals surface area contributed by atoms with E-state index in [4.69, 9.17) is 4.74 Å². The van der Waals surface area contributed by atoms with Gasteiger partial charge in [-0.05, 0) is 67.5 Å². The first-order valence-corrected chi connectivity index (χ1v) is 19.9. The summed E-state index contributed by atoms with van der Waals surface area (Å²) < 4.78 is 5.48. The molecule has 0 radical (unpaired) electrons. The fourth-order valence-electron chi connectivity index (χ4n) is 8.25. The zero-order valence-corrected chi connectivity index (χ0v) is 33.4. The number of likely N-dealkylation sites (tertiary alicyclic amines) is 1. The van der Waals surface area contributed by atoms with Gasteiger partial charge in [-0.3, -0.25) is 14.4 Å². The molecule has 3 aliphatic heterocycles. The Kier molecular flexibility index (Phi) is 13.5. The molecule has 304 valence electrons. The van der Waals surface area contributed by atoms with Crippen LogP contribution in [0.5, 0.6) is 5.75 Å². The molecule has 0 aliphatic carbocycles. The summed E-state index contributed by atoms with van der Waals surface area (Å²) >= 11 is 0. The van der Waals surface area contributed by atoms with Crippen LogP contribution < -0.4 is 25.8 Å². The molecule has 0 saturated carbocycles. The zero-order valence-electron chi connectivity index (χ0n) is 33.4. The van der Waals surface area contributed by atoms with Gasteiger partial charge in [0.05, 0.1) is 43.7 Å². The van der Waals surface area contributed by atoms with E-state index < -0.39 is 17.6 Å². The SMILES string of the molecule is C=CCNCC(=O)CC1C[C@@H](Cc2ccc(O)cc2)C(=O)N(Cc2cccc3c2N(C)C(C)(C)N3CC(=O)N2CCOCC2)C[C@@H]1NC(=O)NCc1ccccc1. The van der Waals surface area contributed by atoms with Crippen molar-refractivity contribution < 1.29 is 29.0 Å². The third kappa shape index (κ3) is 10.1. The van der Waals surface area contributed by atoms with Crippen LogP contribution in [0.15, 0.2) is 85.5 Å². The Labute approximate surface area is 336 Å². The van der Waals surface area contributed by atoms with Gasteiger partial charge in [0, 0.05) is 58.7 Å². The number of fused-ring (bicyclic) bond motifs is 1. The molecule has 3 atom stereocenters. The van der Waals surface area contributed by atoms with Crippen molar-refractivity contribution in [3.05, 3.63) is 102 Å². The highest BCUT2D eigenvalue weighted by Crippen LogP contribution is 2.46. The lowest BCUT2D eigenvalue weighted by Gasteiger charge is -2.39. The summed E-state index contributed by atoms with van der Waals surface area (Å²) in [6.07, 6.45) is 2.65. The molecule has 0 bridgehead atoms. The smallest absolute Gasteiger partial charge is 0.315 e. The first-order valence-electron chi connectivity index (χ1n) is 19.9. The number of ether oxygens (including phenoxy) is 1. The van der Waals surface area contributed by atoms with Crippen LogP contribution >= 0.6 is 0 Å². The molecule has 0 spiro atoms. The summed E-state index contributed by atoms with van der Waals surface area (Å²) in [6.45, 7) is 11.7. The maximum Gasteiger partial charge on any atom is 0.315 e. The van der Waals surface area contributed by atoms with Crippen molar-refractivity contribution in [1.29, 1.82) is 0 Å². The monoisotopic (exact) mass is 779 g/mol. The Balaban J connectivity index is 1.31. The molecule has 2 saturated heterocycles. The standard InChI is InChI=1S/C44H57N7O6/c1-5-18-45-27-37(53)25-34-24-35(23-31-14-16-36(52)17-15-31)42(55)50(29-38(34)47-43(56)46-26-32-10-7-6-8-11-32)28-33-12-9-13-39-41(33)48(4)44(2,3)51(39)30-40(54)49-19-21-57-22-20-49/h5-17,34-35,38,45,52H,1,18-30H2,2-4H3,(H2,46,47,56)/t34?,35-,38+/m1/s1. The highest BCUT2D eigenvalue weighted by molar-refractivity contribution is 5.89. The van der Waals surface area contributed by atoms with Crippen LogP contribution in [0.4, 0.5) is 16.2 Å². The van der Waals surface area contributed by atoms with Crippen LogP contribution in [0.25, 0.3) is 0 Å². The number of anilines is 2. The maximum absolute atomic E-state index is 14.9. The van der Waals surface area contributed by atoms with E-state index in [0.717, 1.165) is 28.1 Å². The number of nitrogens with one attached hydrogen (secondary N) is 3. The summed E-state index contributed by atoms with van der Waals surface area (Å²) in [5, 5.41) is 19.2. The van der Waals surface area contributed by atoms with E-state index in [1.54, 1.807) is 18.2 Å². The molecular formula is C44H57N7O6. The normalized spacial score (nSPS) is 20.5. The van der Waals surface area contributed by atoms with Gasteiger partial charge in [-0.15, -0.1) is 6.58 Å². The molecule has 2 fully saturated rings. The fourth-order valence-corrected chi connectivity index (χ4v) is 8.25. The Morgan fingerprint density at radius 2 is 1.72 bits per heavy atom. The van der Waals surface area contributed by atoms with Gasteiger partial charge >= 0.3 is 6.03 Å². The summed E-state index contributed by atoms with van der Waals surface area (Å²) in [6, 6.07) is 21.6. The minimum absolute atomic E-state index is 0.0147. The predicted molar refractivity (Wildman–Crippen MR) is 221 cm³/mol. The van der Waals surface area contributed by atoms with E-state index in [9.17, 15) is 24.3 Å². The Hall–Kier alpha value is -5.40. The molecule has 57 heavy (non-hydrogen) atoms. The second-order valence-electron chi connectivity index (χ2n) is 15.8. The van der Waals surface area contributed by atoms with Crippen LogP contribution in [0, 0.1) is 11.8 Å². The summed E-state index contributed by atoms with van der Waals surface area (Å²) in [4.78, 5) is 63.4. The number of nitrogens with zero attached hydrogens (tertiary/aromatic N) is 4. The minimum Gasteiger partial charge on any atom is -0.508 e. The number of para-hydroxylation sites is 1. The number of ketones is 1. The van der Waals surface area contributed by atoms with Crippen molar-refractivity contribution in [2.24, 2.45) is 11.8 Å². The molecule has 6 rings (SSSR count). The van der Waals surface area contributed by atoms with Crippen LogP contribution in [0.3, 0.4) is 0 Å². The molecule has 13 heteroatoms. The number of phenolic OH excluding ortho intramolecular Hbond substituents is 1. The van der Waals surface area contributed by atoms with Crippen molar-refractivity contribution in [2.75, 3.05) is 69.3 Å². The van der Waals surface area contributed by atoms with Crippen LogP contribution in [0.2, 0.25) is 0 Å². The zero-order chi connectivity index (χ0) is 40.5. The van der Waals surface area contributed by atoms with Gasteiger partial charge in [0.15, 0.2) is 0 Å². The van der Waals surface area contributed by atoms with E-state index in [0.29, 0.717) is 52.2 Å². The molecule has 3 heterocycles. The number of rotatable bonds is 15. The van der Waals surface area contributed by atoms with Crippen molar-refractivity contribution in [3.8, 4) is 5.75 Å². The summed E-state index contributed by atoms with van der Waals surface area (Å²) in [5.74, 6) is -0.750. The number of urea groups is 1. The predicted octanol–water partition coefficient (Wildman–Crippen LogP) is 4.05. The lowest BCUT2D eigenvalue weighted by Crippen LogP contribution is -2.55. The second-order valence-corrected chi connectivity index (χ2v) is 15.8. The van der Waals surface area contributed by atoms with Gasteiger partial charge in [0.2, 0.25) is 11.8 Å². The van der Waals surface area contributed by atoms with E-state index in [-0.39, 0.29) is 67.9 Å². The highest BCUT2D eigenvalue weighted by atomic mass is 16.5. The maximum atomic E-state index is 14.9. The van der Waals surface area contributed by atoms with E-state index in [2.05, 4.69) is 46.2 Å². The largest absolute Gasteiger partial charge is 0.508 e. The molecule has 0 aromatic heterocycles. The Morgan fingerprint density at radius 3 is 2.44 bits per heavy atom. The summed E-state index contributed by atoms with van der Waals surface area (Å²) in [7, 11) is 2.02. The Bertz CT molecular complexity index is 1880. The molecule has 3 aromatic carbocycles. The number of carbonyl (C=O) groups is 4. The van der Waals surface area contributed by atoms with Crippen molar-refractivity contribution in [3.63, 3.8) is 0 Å². The molecule has 4 N–H and O–H groups in total. The summed E-state index contributed by atoms with van der Waals surface area (Å²) in [5.41, 5.74) is 4.06. The number of hydrogen-bond donors (Lipinski definition) is 4. The van der Waals surface area contributed by atoms with Gasteiger partial charge in [-0.1, -0.05) is 60.7 Å². The van der Waals surface area contributed by atoms with Crippen molar-refractivity contribution in [2.45, 2.75) is 57.9 Å². The number of hydrogen-bond acceptors (Lipinski definition) is 9. The van der Waals surface area contributed by atoms with Crippen LogP contribution in [0.1, 0.15) is 43.4 Å². The van der Waals surface area contributed by atoms with E-state index in [1.807, 2.05) is 77.5 Å². The number of morpholine rings is 1. The fraction of sp³-hybridized carbons (Fsp3) is 0.455. The quantitative estimate of drug-likeness (QED) is 0.133. The number of aromatic hydroxyl groups is 1. The highest BCUT2D eigenvalue weighted by Gasteiger charge is 2.44. The van der Waals surface area contributed by atoms with Gasteiger partial charge in [0.25, 0.3) is 0 Å². The first-order chi connectivity index (χ1) is 27.4. The lowest BCUT2D eigenvalue weighted by molar-refractivity contribution is -0.136. The van der Waals surface area contributed by atoms with Crippen LogP contribution in [-0.2, 0) is 38.6 Å². The molecule has 3 aromatic rings. The second kappa shape index (κ2) is 18.7. The number of carbonyl (C=O) groups excluding carboxylic acids is 4. The number of benzene rings is 3. The average molecular weight is 780 g/mol. The van der Waals surface area contributed by atoms with E-state index in [1.165, 1.54) is 0 Å². The third-order valence-electron chi connectivity index (χ3n) is 11.6. The van der Waals surface area contributed by atoms with Crippen LogP contribution in [-0.4, -0.2) is 110 Å². The average Bonchev–Trinajstić information content (AvgIpc) is 3.32. The lowest BCUT2D eigenvalue weighted by atomic mass is 9.83. The molecular weight excluding hydrogens is 723 g/mol. The van der Waals surface area contributed by atoms with Gasteiger partial charge in [-0.2, -0.15) is 0 Å².